The zero-order chi connectivity index (χ0) is 25.7. The van der Waals surface area contributed by atoms with Crippen LogP contribution in [0.15, 0.2) is 29.1 Å². The predicted molar refractivity (Wildman–Crippen MR) is 136 cm³/mol. The van der Waals surface area contributed by atoms with Crippen molar-refractivity contribution in [3.8, 4) is 11.4 Å². The number of aromatic nitrogens is 4. The van der Waals surface area contributed by atoms with E-state index in [9.17, 15) is 14.7 Å². The number of hydrogen-bond acceptors (Lipinski definition) is 8. The summed E-state index contributed by atoms with van der Waals surface area (Å²) >= 11 is 0. The molecule has 0 radical (unpaired) electrons. The number of fused-ring (bicyclic) bond motifs is 1. The molecule has 1 saturated heterocycles. The molecular formula is C24H33N5O5Si. The Kier molecular flexibility index (Phi) is 6.47. The summed E-state index contributed by atoms with van der Waals surface area (Å²) in [5.74, 6) is 0.254. The van der Waals surface area contributed by atoms with Crippen molar-refractivity contribution in [2.75, 3.05) is 12.3 Å². The van der Waals surface area contributed by atoms with Gasteiger partial charge in [-0.2, -0.15) is 4.98 Å². The maximum atomic E-state index is 12.6. The van der Waals surface area contributed by atoms with Gasteiger partial charge in [0.15, 0.2) is 25.3 Å². The van der Waals surface area contributed by atoms with E-state index < -0.39 is 32.3 Å². The number of aromatic amines is 1. The van der Waals surface area contributed by atoms with Crippen molar-refractivity contribution >= 4 is 31.2 Å². The van der Waals surface area contributed by atoms with Gasteiger partial charge in [0, 0.05) is 17.5 Å². The van der Waals surface area contributed by atoms with Crippen LogP contribution in [0.3, 0.4) is 0 Å². The normalized spacial score (nSPS) is 21.1. The van der Waals surface area contributed by atoms with E-state index in [1.807, 2.05) is 0 Å². The molecule has 2 aromatic heterocycles. The number of ketones is 1. The van der Waals surface area contributed by atoms with Crippen molar-refractivity contribution < 1.29 is 19.1 Å². The van der Waals surface area contributed by atoms with E-state index in [-0.39, 0.29) is 41.0 Å². The maximum Gasteiger partial charge on any atom is 0.280 e. The van der Waals surface area contributed by atoms with Crippen LogP contribution in [-0.2, 0) is 9.16 Å². The molecular weight excluding hydrogens is 466 g/mol. The third-order valence-corrected chi connectivity index (χ3v) is 11.5. The minimum absolute atomic E-state index is 0.0217. The summed E-state index contributed by atoms with van der Waals surface area (Å²) in [5.41, 5.74) is 6.83. The number of nitrogens with one attached hydrogen (secondary N) is 1. The maximum absolute atomic E-state index is 12.6. The Bertz CT molecular complexity index is 1330. The fourth-order valence-electron chi connectivity index (χ4n) is 3.88. The second-order valence-corrected chi connectivity index (χ2v) is 15.4. The number of aliphatic hydroxyl groups is 1. The molecule has 10 nitrogen and oxygen atoms in total. The molecule has 35 heavy (non-hydrogen) atoms. The van der Waals surface area contributed by atoms with E-state index in [4.69, 9.17) is 14.9 Å². The third kappa shape index (κ3) is 4.81. The highest BCUT2D eigenvalue weighted by atomic mass is 28.4. The van der Waals surface area contributed by atoms with Gasteiger partial charge >= 0.3 is 0 Å². The zero-order valence-electron chi connectivity index (χ0n) is 21.0. The summed E-state index contributed by atoms with van der Waals surface area (Å²) in [4.78, 5) is 35.9. The van der Waals surface area contributed by atoms with Gasteiger partial charge in [-0.15, -0.1) is 0 Å². The number of carbonyl (C=O) groups excluding carboxylic acids is 1. The van der Waals surface area contributed by atoms with Crippen molar-refractivity contribution in [2.45, 2.75) is 70.7 Å². The number of carbonyl (C=O) groups is 1. The van der Waals surface area contributed by atoms with Crippen molar-refractivity contribution in [3.63, 3.8) is 0 Å². The van der Waals surface area contributed by atoms with Crippen LogP contribution in [0.5, 0.6) is 0 Å². The molecule has 3 atom stereocenters. The Balaban J connectivity index is 1.75. The highest BCUT2D eigenvalue weighted by Gasteiger charge is 2.42. The number of nitrogens with two attached hydrogens (primary N) is 1. The molecule has 1 aliphatic rings. The van der Waals surface area contributed by atoms with E-state index in [0.29, 0.717) is 17.0 Å². The summed E-state index contributed by atoms with van der Waals surface area (Å²) in [6, 6.07) is 6.97. The minimum Gasteiger partial charge on any atom is -0.414 e. The topological polar surface area (TPSA) is 145 Å². The number of hydrogen-bond donors (Lipinski definition) is 3. The first-order valence-electron chi connectivity index (χ1n) is 11.6. The zero-order valence-corrected chi connectivity index (χ0v) is 22.0. The quantitative estimate of drug-likeness (QED) is 0.346. The fraction of sp³-hybridized carbons (Fsp3) is 0.500. The molecule has 0 unspecified atom stereocenters. The molecule has 0 spiro atoms. The van der Waals surface area contributed by atoms with Crippen molar-refractivity contribution in [1.29, 1.82) is 0 Å². The molecule has 4 rings (SSSR count). The van der Waals surface area contributed by atoms with Gasteiger partial charge in [-0.3, -0.25) is 19.1 Å². The van der Waals surface area contributed by atoms with Gasteiger partial charge < -0.3 is 20.0 Å². The molecule has 4 N–H and O–H groups in total. The monoisotopic (exact) mass is 499 g/mol. The molecule has 1 fully saturated rings. The second kappa shape index (κ2) is 8.97. The lowest BCUT2D eigenvalue weighted by molar-refractivity contribution is -0.0399. The lowest BCUT2D eigenvalue weighted by Crippen LogP contribution is -2.43. The van der Waals surface area contributed by atoms with Gasteiger partial charge in [-0.25, -0.2) is 4.98 Å². The van der Waals surface area contributed by atoms with Crippen molar-refractivity contribution in [2.24, 2.45) is 0 Å². The van der Waals surface area contributed by atoms with Crippen LogP contribution in [0.2, 0.25) is 18.1 Å². The Hall–Kier alpha value is -2.86. The lowest BCUT2D eigenvalue weighted by atomic mass is 10.1. The fourth-order valence-corrected chi connectivity index (χ4v) is 4.90. The lowest BCUT2D eigenvalue weighted by Gasteiger charge is -2.37. The van der Waals surface area contributed by atoms with Gasteiger partial charge in [0.05, 0.1) is 12.7 Å². The minimum atomic E-state index is -2.05. The van der Waals surface area contributed by atoms with E-state index in [2.05, 4.69) is 48.8 Å². The Labute approximate surface area is 204 Å². The van der Waals surface area contributed by atoms with Crippen LogP contribution >= 0.6 is 0 Å². The second-order valence-electron chi connectivity index (χ2n) is 10.6. The summed E-state index contributed by atoms with van der Waals surface area (Å²) < 4.78 is 14.2. The van der Waals surface area contributed by atoms with Gasteiger partial charge in [-0.05, 0) is 31.1 Å². The number of H-pyrrole nitrogens is 1. The number of anilines is 1. The SMILES string of the molecule is CC(=O)c1cccc(-c2nc3c(=O)[nH]c(N)nc3n2[C@H]2C[C@H](O)[C@@H](CO[Si](C)(C)C(C)(C)C)O2)c1. The Morgan fingerprint density at radius 3 is 2.71 bits per heavy atom. The van der Waals surface area contributed by atoms with Crippen LogP contribution < -0.4 is 11.3 Å². The first-order chi connectivity index (χ1) is 16.3. The van der Waals surface area contributed by atoms with E-state index in [1.54, 1.807) is 28.8 Å². The molecule has 3 heterocycles. The van der Waals surface area contributed by atoms with Crippen LogP contribution in [-0.4, -0.2) is 57.5 Å². The Morgan fingerprint density at radius 1 is 1.34 bits per heavy atom. The van der Waals surface area contributed by atoms with Crippen LogP contribution in [0.1, 0.15) is 50.7 Å². The number of ether oxygens (including phenoxy) is 1. The number of nitrogens with zero attached hydrogens (tertiary/aromatic N) is 3. The molecule has 0 amide bonds. The smallest absolute Gasteiger partial charge is 0.280 e. The predicted octanol–water partition coefficient (Wildman–Crippen LogP) is 3.24. The number of aliphatic hydroxyl groups excluding tert-OH is 1. The molecule has 3 aromatic rings. The number of rotatable bonds is 6. The summed E-state index contributed by atoms with van der Waals surface area (Å²) in [7, 11) is -2.05. The van der Waals surface area contributed by atoms with E-state index >= 15 is 0 Å². The van der Waals surface area contributed by atoms with Crippen LogP contribution in [0.25, 0.3) is 22.6 Å². The van der Waals surface area contributed by atoms with Crippen LogP contribution in [0.4, 0.5) is 5.95 Å². The molecule has 1 aliphatic heterocycles. The third-order valence-electron chi connectivity index (χ3n) is 7.00. The number of Topliss-reactive ketones (excluding diaryl/α,β-unsaturated/α-hetero) is 1. The first-order valence-corrected chi connectivity index (χ1v) is 14.6. The van der Waals surface area contributed by atoms with E-state index in [0.717, 1.165) is 0 Å². The first kappa shape index (κ1) is 25.2. The van der Waals surface area contributed by atoms with Gasteiger partial charge in [0.25, 0.3) is 5.56 Å². The molecule has 188 valence electrons. The van der Waals surface area contributed by atoms with Gasteiger partial charge in [-0.1, -0.05) is 39.0 Å². The average molecular weight is 500 g/mol. The molecule has 0 saturated carbocycles. The van der Waals surface area contributed by atoms with Crippen molar-refractivity contribution in [3.05, 3.63) is 40.2 Å². The summed E-state index contributed by atoms with van der Waals surface area (Å²) in [6.07, 6.45) is -1.74. The largest absolute Gasteiger partial charge is 0.414 e. The highest BCUT2D eigenvalue weighted by molar-refractivity contribution is 6.74. The molecule has 0 aliphatic carbocycles. The average Bonchev–Trinajstić information content (AvgIpc) is 3.32. The number of benzene rings is 1. The highest BCUT2D eigenvalue weighted by Crippen LogP contribution is 2.39. The summed E-state index contributed by atoms with van der Waals surface area (Å²) in [6.45, 7) is 12.5. The van der Waals surface area contributed by atoms with Gasteiger partial charge in [0.1, 0.15) is 18.2 Å². The standard InChI is InChI=1S/C24H33N5O5Si/c1-13(30)14-8-7-9-15(10-14)20-26-19-21(27-23(25)28-22(19)32)29(20)18-11-16(31)17(34-18)12-33-35(5,6)24(2,3)4/h7-10,16-18,31H,11-12H2,1-6H3,(H3,25,27,28,32)/t16-,17+,18+/m0/s1. The van der Waals surface area contributed by atoms with Crippen molar-refractivity contribution in [1.82, 2.24) is 19.5 Å². The van der Waals surface area contributed by atoms with E-state index in [1.165, 1.54) is 6.92 Å². The summed E-state index contributed by atoms with van der Waals surface area (Å²) in [5, 5.41) is 10.9. The number of imidazole rings is 1. The molecule has 1 aromatic carbocycles. The van der Waals surface area contributed by atoms with Gasteiger partial charge in [0.2, 0.25) is 5.95 Å². The Morgan fingerprint density at radius 2 is 2.06 bits per heavy atom. The molecule has 0 bridgehead atoms. The van der Waals surface area contributed by atoms with Crippen LogP contribution in [0, 0.1) is 0 Å². The number of nitrogen functional groups attached to an aromatic ring is 1. The molecule has 11 heteroatoms.